The molecule has 0 aromatic carbocycles. The number of fused-ring (bicyclic) bond motifs is 4. The Labute approximate surface area is 77.9 Å². The summed E-state index contributed by atoms with van der Waals surface area (Å²) in [5.74, 6) is 0.815. The van der Waals surface area contributed by atoms with Crippen LogP contribution in [0.5, 0.6) is 0 Å². The molecule has 13 heavy (non-hydrogen) atoms. The van der Waals surface area contributed by atoms with Crippen LogP contribution >= 0.6 is 0 Å². The molecular weight excluding hydrogens is 164 g/mol. The first-order valence-electron chi connectivity index (χ1n) is 4.93. The molecular formula is C11H14O2. The Kier molecular flexibility index (Phi) is 1.35. The molecule has 3 aliphatic rings. The van der Waals surface area contributed by atoms with E-state index in [0.717, 1.165) is 18.4 Å². The van der Waals surface area contributed by atoms with Gasteiger partial charge in [0.1, 0.15) is 5.60 Å². The molecule has 0 spiro atoms. The predicted molar refractivity (Wildman–Crippen MR) is 49.2 cm³/mol. The highest BCUT2D eigenvalue weighted by Gasteiger charge is 2.65. The number of aliphatic hydroxyl groups is 1. The standard InChI is InChI=1S/C11H14O2/c1-7-6-13-10-8-4-2-3-5-9(8)11(7,10)12/h3,5,8-10,12H,1-2,4,6H2/t8-,9-,10-,11+/m1/s1. The Morgan fingerprint density at radius 2 is 2.46 bits per heavy atom. The minimum atomic E-state index is -0.721. The molecule has 1 saturated heterocycles. The molecule has 2 nitrogen and oxygen atoms in total. The van der Waals surface area contributed by atoms with Crippen molar-refractivity contribution in [2.75, 3.05) is 6.61 Å². The van der Waals surface area contributed by atoms with Crippen LogP contribution in [0.1, 0.15) is 12.8 Å². The molecule has 1 N–H and O–H groups in total. The van der Waals surface area contributed by atoms with Gasteiger partial charge in [0.2, 0.25) is 0 Å². The third-order valence-electron chi connectivity index (χ3n) is 3.81. The molecule has 2 heteroatoms. The topological polar surface area (TPSA) is 29.5 Å². The van der Waals surface area contributed by atoms with E-state index in [1.807, 2.05) is 0 Å². The zero-order valence-electron chi connectivity index (χ0n) is 7.57. The van der Waals surface area contributed by atoms with Crippen molar-refractivity contribution in [1.29, 1.82) is 0 Å². The third-order valence-corrected chi connectivity index (χ3v) is 3.81. The van der Waals surface area contributed by atoms with Gasteiger partial charge in [0.15, 0.2) is 0 Å². The highest BCUT2D eigenvalue weighted by molar-refractivity contribution is 5.35. The third kappa shape index (κ3) is 0.720. The van der Waals surface area contributed by atoms with Crippen LogP contribution in [-0.4, -0.2) is 23.4 Å². The second-order valence-electron chi connectivity index (χ2n) is 4.36. The number of hydrogen-bond donors (Lipinski definition) is 1. The van der Waals surface area contributed by atoms with Crippen LogP contribution in [0.2, 0.25) is 0 Å². The van der Waals surface area contributed by atoms with Gasteiger partial charge in [0.25, 0.3) is 0 Å². The molecule has 2 fully saturated rings. The van der Waals surface area contributed by atoms with Crippen LogP contribution < -0.4 is 0 Å². The molecule has 1 heterocycles. The molecule has 3 rings (SSSR count). The highest BCUT2D eigenvalue weighted by atomic mass is 16.5. The van der Waals surface area contributed by atoms with E-state index in [0.29, 0.717) is 12.5 Å². The van der Waals surface area contributed by atoms with Crippen molar-refractivity contribution in [1.82, 2.24) is 0 Å². The van der Waals surface area contributed by atoms with Gasteiger partial charge >= 0.3 is 0 Å². The Hall–Kier alpha value is -0.600. The fourth-order valence-corrected chi connectivity index (χ4v) is 3.06. The molecule has 0 amide bonds. The van der Waals surface area contributed by atoms with Crippen molar-refractivity contribution in [3.05, 3.63) is 24.3 Å². The van der Waals surface area contributed by atoms with E-state index in [9.17, 15) is 5.11 Å². The van der Waals surface area contributed by atoms with Crippen molar-refractivity contribution >= 4 is 0 Å². The molecule has 0 bridgehead atoms. The van der Waals surface area contributed by atoms with Gasteiger partial charge in [0.05, 0.1) is 12.7 Å². The van der Waals surface area contributed by atoms with E-state index in [-0.39, 0.29) is 12.0 Å². The summed E-state index contributed by atoms with van der Waals surface area (Å²) in [6.45, 7) is 4.43. The van der Waals surface area contributed by atoms with E-state index in [1.165, 1.54) is 0 Å². The molecule has 0 aromatic rings. The lowest BCUT2D eigenvalue weighted by Crippen LogP contribution is -2.64. The van der Waals surface area contributed by atoms with E-state index >= 15 is 0 Å². The van der Waals surface area contributed by atoms with Crippen molar-refractivity contribution in [3.63, 3.8) is 0 Å². The van der Waals surface area contributed by atoms with Gasteiger partial charge in [-0.25, -0.2) is 0 Å². The average molecular weight is 178 g/mol. The van der Waals surface area contributed by atoms with Crippen LogP contribution in [0.15, 0.2) is 24.3 Å². The molecule has 0 unspecified atom stereocenters. The largest absolute Gasteiger partial charge is 0.382 e. The highest BCUT2D eigenvalue weighted by Crippen LogP contribution is 2.57. The lowest BCUT2D eigenvalue weighted by atomic mass is 9.54. The fourth-order valence-electron chi connectivity index (χ4n) is 3.06. The maximum absolute atomic E-state index is 10.3. The summed E-state index contributed by atoms with van der Waals surface area (Å²) in [4.78, 5) is 0. The number of hydrogen-bond acceptors (Lipinski definition) is 2. The zero-order chi connectivity index (χ0) is 9.05. The normalized spacial score (nSPS) is 52.7. The fraction of sp³-hybridized carbons (Fsp3) is 0.636. The van der Waals surface area contributed by atoms with Crippen LogP contribution in [0, 0.1) is 11.8 Å². The summed E-state index contributed by atoms with van der Waals surface area (Å²) in [5, 5.41) is 10.3. The smallest absolute Gasteiger partial charge is 0.120 e. The monoisotopic (exact) mass is 178 g/mol. The van der Waals surface area contributed by atoms with Gasteiger partial charge in [-0.15, -0.1) is 0 Å². The molecule has 1 aliphatic heterocycles. The Morgan fingerprint density at radius 1 is 1.62 bits per heavy atom. The van der Waals surface area contributed by atoms with E-state index in [1.54, 1.807) is 0 Å². The van der Waals surface area contributed by atoms with Crippen molar-refractivity contribution in [3.8, 4) is 0 Å². The number of ether oxygens (including phenoxy) is 1. The molecule has 70 valence electrons. The van der Waals surface area contributed by atoms with E-state index in [4.69, 9.17) is 4.74 Å². The minimum absolute atomic E-state index is 0.0370. The van der Waals surface area contributed by atoms with Crippen molar-refractivity contribution in [2.24, 2.45) is 11.8 Å². The maximum atomic E-state index is 10.3. The predicted octanol–water partition coefficient (Wildman–Crippen LogP) is 1.27. The summed E-state index contributed by atoms with van der Waals surface area (Å²) in [6, 6.07) is 0. The Bertz CT molecular complexity index is 294. The van der Waals surface area contributed by atoms with Crippen LogP contribution in [0.25, 0.3) is 0 Å². The van der Waals surface area contributed by atoms with Crippen LogP contribution in [0.4, 0.5) is 0 Å². The van der Waals surface area contributed by atoms with Gasteiger partial charge in [-0.05, 0) is 24.3 Å². The lowest BCUT2D eigenvalue weighted by Gasteiger charge is -2.54. The van der Waals surface area contributed by atoms with Gasteiger partial charge in [-0.2, -0.15) is 0 Å². The summed E-state index contributed by atoms with van der Waals surface area (Å²) >= 11 is 0. The Morgan fingerprint density at radius 3 is 3.31 bits per heavy atom. The molecule has 4 atom stereocenters. The second kappa shape index (κ2) is 2.25. The molecule has 2 aliphatic carbocycles. The van der Waals surface area contributed by atoms with E-state index < -0.39 is 5.60 Å². The summed E-state index contributed by atoms with van der Waals surface area (Å²) in [7, 11) is 0. The SMILES string of the molecule is C=C1CO[C@@H]2[C@@H]3CCC=C[C@H]3[C@@]12O. The average Bonchev–Trinajstić information content (AvgIpc) is 2.39. The van der Waals surface area contributed by atoms with Crippen LogP contribution in [-0.2, 0) is 4.74 Å². The van der Waals surface area contributed by atoms with Crippen molar-refractivity contribution < 1.29 is 9.84 Å². The molecule has 1 saturated carbocycles. The summed E-state index contributed by atoms with van der Waals surface area (Å²) in [5.41, 5.74) is 0.145. The van der Waals surface area contributed by atoms with Gasteiger partial charge in [-0.3, -0.25) is 0 Å². The number of rotatable bonds is 0. The first-order chi connectivity index (χ1) is 6.24. The second-order valence-corrected chi connectivity index (χ2v) is 4.36. The first-order valence-corrected chi connectivity index (χ1v) is 4.93. The molecule has 0 aromatic heterocycles. The van der Waals surface area contributed by atoms with Crippen LogP contribution in [0.3, 0.4) is 0 Å². The molecule has 0 radical (unpaired) electrons. The first kappa shape index (κ1) is 7.77. The summed E-state index contributed by atoms with van der Waals surface area (Å²) < 4.78 is 5.55. The van der Waals surface area contributed by atoms with E-state index in [2.05, 4.69) is 18.7 Å². The lowest BCUT2D eigenvalue weighted by molar-refractivity contribution is -0.179. The number of allylic oxidation sites excluding steroid dienone is 1. The minimum Gasteiger partial charge on any atom is -0.382 e. The van der Waals surface area contributed by atoms with Gasteiger partial charge in [-0.1, -0.05) is 18.7 Å². The van der Waals surface area contributed by atoms with Gasteiger partial charge in [0, 0.05) is 5.92 Å². The quantitative estimate of drug-likeness (QED) is 0.566. The zero-order valence-corrected chi connectivity index (χ0v) is 7.57. The van der Waals surface area contributed by atoms with Gasteiger partial charge < -0.3 is 9.84 Å². The summed E-state index contributed by atoms with van der Waals surface area (Å²) in [6.07, 6.45) is 6.63. The van der Waals surface area contributed by atoms with Crippen molar-refractivity contribution in [2.45, 2.75) is 24.5 Å². The Balaban J connectivity index is 1.99. The maximum Gasteiger partial charge on any atom is 0.120 e.